The van der Waals surface area contributed by atoms with Gasteiger partial charge in [-0.25, -0.2) is 4.98 Å². The van der Waals surface area contributed by atoms with Crippen molar-refractivity contribution in [1.29, 1.82) is 0 Å². The van der Waals surface area contributed by atoms with Crippen LogP contribution in [0, 0.1) is 0 Å². The van der Waals surface area contributed by atoms with Crippen LogP contribution in [0.25, 0.3) is 0 Å². The molecule has 4 N–H and O–H groups in total. The fraction of sp³-hybridized carbons (Fsp3) is 0.308. The van der Waals surface area contributed by atoms with Gasteiger partial charge in [-0.15, -0.1) is 11.3 Å². The second-order valence-electron chi connectivity index (χ2n) is 4.79. The Hall–Kier alpha value is -1.99. The molecular weight excluding hydrogens is 276 g/mol. The second kappa shape index (κ2) is 5.18. The number of aromatic amines is 1. The SMILES string of the molecule is N[C@H]1CCc2nc(NC(=O)c3ccc(=O)[nH]c3)sc2C1. The van der Waals surface area contributed by atoms with E-state index in [-0.39, 0.29) is 17.5 Å². The first-order valence-corrected chi connectivity index (χ1v) is 7.18. The fourth-order valence-corrected chi connectivity index (χ4v) is 3.27. The van der Waals surface area contributed by atoms with Crippen molar-refractivity contribution in [1.82, 2.24) is 9.97 Å². The van der Waals surface area contributed by atoms with E-state index in [1.54, 1.807) is 0 Å². The minimum atomic E-state index is -0.281. The number of nitrogens with two attached hydrogens (primary N) is 1. The molecule has 0 saturated carbocycles. The maximum Gasteiger partial charge on any atom is 0.258 e. The summed E-state index contributed by atoms with van der Waals surface area (Å²) < 4.78 is 0. The quantitative estimate of drug-likeness (QED) is 0.765. The fourth-order valence-electron chi connectivity index (χ4n) is 2.18. The summed E-state index contributed by atoms with van der Waals surface area (Å²) in [6.45, 7) is 0. The number of nitrogens with one attached hydrogen (secondary N) is 2. The van der Waals surface area contributed by atoms with Gasteiger partial charge in [0.05, 0.1) is 11.3 Å². The highest BCUT2D eigenvalue weighted by atomic mass is 32.1. The zero-order chi connectivity index (χ0) is 14.1. The van der Waals surface area contributed by atoms with Crippen molar-refractivity contribution >= 4 is 22.4 Å². The van der Waals surface area contributed by atoms with Crippen molar-refractivity contribution < 1.29 is 4.79 Å². The van der Waals surface area contributed by atoms with Crippen LogP contribution in [0.5, 0.6) is 0 Å². The summed E-state index contributed by atoms with van der Waals surface area (Å²) in [5.74, 6) is -0.281. The number of hydrogen-bond donors (Lipinski definition) is 3. The molecule has 0 radical (unpaired) electrons. The predicted molar refractivity (Wildman–Crippen MR) is 77.1 cm³/mol. The van der Waals surface area contributed by atoms with Crippen molar-refractivity contribution in [2.24, 2.45) is 5.73 Å². The van der Waals surface area contributed by atoms with E-state index in [1.807, 2.05) is 0 Å². The van der Waals surface area contributed by atoms with Crippen LogP contribution in [0.4, 0.5) is 5.13 Å². The molecule has 1 aliphatic rings. The molecular formula is C13H14N4O2S. The Kier molecular flexibility index (Phi) is 3.37. The summed E-state index contributed by atoms with van der Waals surface area (Å²) in [5, 5.41) is 3.34. The molecule has 0 bridgehead atoms. The van der Waals surface area contributed by atoms with Gasteiger partial charge in [-0.3, -0.25) is 14.9 Å². The molecule has 0 aliphatic heterocycles. The van der Waals surface area contributed by atoms with Gasteiger partial charge in [0.25, 0.3) is 5.91 Å². The molecule has 1 atom stereocenters. The van der Waals surface area contributed by atoms with Gasteiger partial charge in [0.1, 0.15) is 0 Å². The number of thiazole rings is 1. The normalized spacial score (nSPS) is 17.6. The number of amides is 1. The van der Waals surface area contributed by atoms with Crippen LogP contribution in [0.1, 0.15) is 27.3 Å². The van der Waals surface area contributed by atoms with Crippen LogP contribution in [0.3, 0.4) is 0 Å². The van der Waals surface area contributed by atoms with E-state index in [9.17, 15) is 9.59 Å². The number of pyridine rings is 1. The van der Waals surface area contributed by atoms with E-state index in [2.05, 4.69) is 15.3 Å². The summed E-state index contributed by atoms with van der Waals surface area (Å²) in [5.41, 5.74) is 7.12. The first kappa shape index (κ1) is 13.0. The van der Waals surface area contributed by atoms with Gasteiger partial charge in [-0.1, -0.05) is 0 Å². The molecule has 0 aromatic carbocycles. The monoisotopic (exact) mass is 290 g/mol. The summed E-state index contributed by atoms with van der Waals surface area (Å²) in [6.07, 6.45) is 4.01. The van der Waals surface area contributed by atoms with E-state index in [0.717, 1.165) is 29.8 Å². The number of fused-ring (bicyclic) bond motifs is 1. The highest BCUT2D eigenvalue weighted by molar-refractivity contribution is 7.15. The highest BCUT2D eigenvalue weighted by Gasteiger charge is 2.20. The van der Waals surface area contributed by atoms with E-state index >= 15 is 0 Å². The molecule has 0 unspecified atom stereocenters. The zero-order valence-corrected chi connectivity index (χ0v) is 11.5. The standard InChI is InChI=1S/C13H14N4O2S/c14-8-2-3-9-10(5-8)20-13(16-9)17-12(19)7-1-4-11(18)15-6-7/h1,4,6,8H,2-3,5,14H2,(H,15,18)(H,16,17,19)/t8-/m0/s1. The number of carbonyl (C=O) groups excluding carboxylic acids is 1. The molecule has 104 valence electrons. The molecule has 3 rings (SSSR count). The molecule has 6 nitrogen and oxygen atoms in total. The number of nitrogens with zero attached hydrogens (tertiary/aromatic N) is 1. The van der Waals surface area contributed by atoms with Gasteiger partial charge in [0.2, 0.25) is 5.56 Å². The average Bonchev–Trinajstić information content (AvgIpc) is 2.80. The van der Waals surface area contributed by atoms with E-state index < -0.39 is 0 Å². The van der Waals surface area contributed by atoms with Crippen LogP contribution in [-0.2, 0) is 12.8 Å². The lowest BCUT2D eigenvalue weighted by Crippen LogP contribution is -2.27. The van der Waals surface area contributed by atoms with Crippen molar-refractivity contribution in [3.63, 3.8) is 0 Å². The van der Waals surface area contributed by atoms with Crippen molar-refractivity contribution in [3.8, 4) is 0 Å². The van der Waals surface area contributed by atoms with Gasteiger partial charge in [-0.05, 0) is 25.3 Å². The Labute approximate surface area is 119 Å². The van der Waals surface area contributed by atoms with Crippen LogP contribution in [-0.4, -0.2) is 21.9 Å². The Morgan fingerprint density at radius 2 is 2.35 bits per heavy atom. The minimum Gasteiger partial charge on any atom is -0.328 e. The van der Waals surface area contributed by atoms with Crippen LogP contribution in [0.15, 0.2) is 23.1 Å². The second-order valence-corrected chi connectivity index (χ2v) is 5.87. The number of hydrogen-bond acceptors (Lipinski definition) is 5. The first-order valence-electron chi connectivity index (χ1n) is 6.36. The molecule has 2 aromatic heterocycles. The zero-order valence-electron chi connectivity index (χ0n) is 10.7. The molecule has 0 fully saturated rings. The van der Waals surface area contributed by atoms with E-state index in [4.69, 9.17) is 5.73 Å². The third kappa shape index (κ3) is 2.63. The van der Waals surface area contributed by atoms with Crippen LogP contribution < -0.4 is 16.6 Å². The number of rotatable bonds is 2. The highest BCUT2D eigenvalue weighted by Crippen LogP contribution is 2.29. The lowest BCUT2D eigenvalue weighted by Gasteiger charge is -2.15. The van der Waals surface area contributed by atoms with Gasteiger partial charge in [0, 0.05) is 23.2 Å². The van der Waals surface area contributed by atoms with Crippen molar-refractivity contribution in [2.45, 2.75) is 25.3 Å². The molecule has 0 spiro atoms. The molecule has 1 aliphatic carbocycles. The maximum absolute atomic E-state index is 12.0. The van der Waals surface area contributed by atoms with E-state index in [1.165, 1.54) is 29.7 Å². The summed E-state index contributed by atoms with van der Waals surface area (Å²) >= 11 is 1.47. The van der Waals surface area contributed by atoms with Gasteiger partial charge in [0.15, 0.2) is 5.13 Å². The maximum atomic E-state index is 12.0. The predicted octanol–water partition coefficient (Wildman–Crippen LogP) is 0.900. The lowest BCUT2D eigenvalue weighted by atomic mass is 9.99. The molecule has 7 heteroatoms. The molecule has 0 saturated heterocycles. The Bertz CT molecular complexity index is 686. The molecule has 2 heterocycles. The largest absolute Gasteiger partial charge is 0.328 e. The number of aryl methyl sites for hydroxylation is 1. The van der Waals surface area contributed by atoms with Gasteiger partial charge >= 0.3 is 0 Å². The Balaban J connectivity index is 1.76. The Morgan fingerprint density at radius 1 is 1.50 bits per heavy atom. The number of H-pyrrole nitrogens is 1. The summed E-state index contributed by atoms with van der Waals surface area (Å²) in [7, 11) is 0. The molecule has 2 aromatic rings. The third-order valence-electron chi connectivity index (χ3n) is 3.24. The molecule has 20 heavy (non-hydrogen) atoms. The average molecular weight is 290 g/mol. The summed E-state index contributed by atoms with van der Waals surface area (Å²) in [6, 6.07) is 2.99. The van der Waals surface area contributed by atoms with Crippen molar-refractivity contribution in [2.75, 3.05) is 5.32 Å². The number of anilines is 1. The number of aromatic nitrogens is 2. The summed E-state index contributed by atoms with van der Waals surface area (Å²) in [4.78, 5) is 31.0. The number of carbonyl (C=O) groups is 1. The topological polar surface area (TPSA) is 101 Å². The lowest BCUT2D eigenvalue weighted by molar-refractivity contribution is 0.102. The van der Waals surface area contributed by atoms with Crippen LogP contribution >= 0.6 is 11.3 Å². The van der Waals surface area contributed by atoms with Gasteiger partial charge < -0.3 is 10.7 Å². The van der Waals surface area contributed by atoms with Crippen molar-refractivity contribution in [3.05, 3.63) is 44.8 Å². The minimum absolute atomic E-state index is 0.186. The smallest absolute Gasteiger partial charge is 0.258 e. The first-order chi connectivity index (χ1) is 9.61. The third-order valence-corrected chi connectivity index (χ3v) is 4.28. The molecule has 1 amide bonds. The van der Waals surface area contributed by atoms with E-state index in [0.29, 0.717) is 10.7 Å². The van der Waals surface area contributed by atoms with Gasteiger partial charge in [-0.2, -0.15) is 0 Å². The van der Waals surface area contributed by atoms with Crippen LogP contribution in [0.2, 0.25) is 0 Å². The Morgan fingerprint density at radius 3 is 3.10 bits per heavy atom.